The lowest BCUT2D eigenvalue weighted by atomic mass is 9.87. The Bertz CT molecular complexity index is 416. The SMILES string of the molecule is O=C1N=CC2(COC2)Cn2cccc21. The standard InChI is InChI=1S/C10H10N2O2/c13-9-8-2-1-3-12(8)5-10(4-11-9)6-14-7-10/h1-4H,5-7H2. The molecule has 0 N–H and O–H groups in total. The summed E-state index contributed by atoms with van der Waals surface area (Å²) in [7, 11) is 0. The smallest absolute Gasteiger partial charge is 0.293 e. The molecule has 14 heavy (non-hydrogen) atoms. The molecule has 1 amide bonds. The zero-order valence-corrected chi connectivity index (χ0v) is 7.64. The third-order valence-electron chi connectivity index (χ3n) is 2.77. The van der Waals surface area contributed by atoms with Crippen molar-refractivity contribution in [2.45, 2.75) is 6.54 Å². The number of fused-ring (bicyclic) bond motifs is 1. The molecular formula is C10H10N2O2. The average Bonchev–Trinajstić information content (AvgIpc) is 2.51. The molecule has 2 aliphatic heterocycles. The quantitative estimate of drug-likeness (QED) is 0.605. The molecule has 0 radical (unpaired) electrons. The van der Waals surface area contributed by atoms with Gasteiger partial charge in [0, 0.05) is 19.0 Å². The van der Waals surface area contributed by atoms with Gasteiger partial charge in [-0.25, -0.2) is 4.99 Å². The number of ether oxygens (including phenoxy) is 1. The zero-order chi connectivity index (χ0) is 9.60. The maximum atomic E-state index is 11.5. The van der Waals surface area contributed by atoms with Gasteiger partial charge in [0.2, 0.25) is 0 Å². The summed E-state index contributed by atoms with van der Waals surface area (Å²) < 4.78 is 7.14. The highest BCUT2D eigenvalue weighted by Gasteiger charge is 2.39. The fraction of sp³-hybridized carbons (Fsp3) is 0.400. The Hall–Kier alpha value is -1.42. The summed E-state index contributed by atoms with van der Waals surface area (Å²) in [6.07, 6.45) is 3.67. The molecule has 0 atom stereocenters. The Balaban J connectivity index is 2.07. The number of hydrogen-bond acceptors (Lipinski definition) is 2. The van der Waals surface area contributed by atoms with Crippen LogP contribution in [0.25, 0.3) is 0 Å². The minimum atomic E-state index is -0.154. The molecule has 0 unspecified atom stereocenters. The molecule has 0 bridgehead atoms. The molecule has 0 aromatic carbocycles. The van der Waals surface area contributed by atoms with E-state index in [0.717, 1.165) is 6.54 Å². The van der Waals surface area contributed by atoms with Gasteiger partial charge >= 0.3 is 0 Å². The molecule has 1 saturated heterocycles. The van der Waals surface area contributed by atoms with Crippen molar-refractivity contribution in [1.29, 1.82) is 0 Å². The number of rotatable bonds is 0. The van der Waals surface area contributed by atoms with Crippen LogP contribution in [0.5, 0.6) is 0 Å². The van der Waals surface area contributed by atoms with Crippen molar-refractivity contribution in [3.8, 4) is 0 Å². The van der Waals surface area contributed by atoms with Gasteiger partial charge in [-0.05, 0) is 12.1 Å². The van der Waals surface area contributed by atoms with Crippen LogP contribution in [0.1, 0.15) is 10.5 Å². The van der Waals surface area contributed by atoms with E-state index < -0.39 is 0 Å². The number of amides is 1. The van der Waals surface area contributed by atoms with E-state index in [2.05, 4.69) is 4.99 Å². The van der Waals surface area contributed by atoms with Gasteiger partial charge in [-0.3, -0.25) is 4.79 Å². The molecule has 1 fully saturated rings. The van der Waals surface area contributed by atoms with Crippen molar-refractivity contribution >= 4 is 12.1 Å². The molecule has 1 aromatic rings. The third kappa shape index (κ3) is 0.974. The minimum absolute atomic E-state index is 0.0417. The zero-order valence-electron chi connectivity index (χ0n) is 7.64. The van der Waals surface area contributed by atoms with E-state index in [0.29, 0.717) is 18.9 Å². The molecule has 2 aliphatic rings. The first kappa shape index (κ1) is 7.94. The van der Waals surface area contributed by atoms with Gasteiger partial charge in [0.1, 0.15) is 5.69 Å². The topological polar surface area (TPSA) is 43.6 Å². The molecule has 1 spiro atoms. The van der Waals surface area contributed by atoms with Crippen LogP contribution >= 0.6 is 0 Å². The summed E-state index contributed by atoms with van der Waals surface area (Å²) in [4.78, 5) is 15.5. The summed E-state index contributed by atoms with van der Waals surface area (Å²) in [5.41, 5.74) is 0.630. The van der Waals surface area contributed by atoms with Crippen LogP contribution in [-0.4, -0.2) is 29.9 Å². The van der Waals surface area contributed by atoms with E-state index in [1.165, 1.54) is 0 Å². The van der Waals surface area contributed by atoms with Crippen molar-refractivity contribution < 1.29 is 9.53 Å². The van der Waals surface area contributed by atoms with Crippen LogP contribution in [0.2, 0.25) is 0 Å². The summed E-state index contributed by atoms with van der Waals surface area (Å²) in [6, 6.07) is 3.68. The predicted octanol–water partition coefficient (Wildman–Crippen LogP) is 0.729. The fourth-order valence-corrected chi connectivity index (χ4v) is 1.92. The van der Waals surface area contributed by atoms with E-state index in [1.54, 1.807) is 12.3 Å². The first-order valence-electron chi connectivity index (χ1n) is 4.62. The molecule has 4 nitrogen and oxygen atoms in total. The Morgan fingerprint density at radius 1 is 1.50 bits per heavy atom. The van der Waals surface area contributed by atoms with Gasteiger partial charge in [-0.1, -0.05) is 0 Å². The van der Waals surface area contributed by atoms with E-state index in [1.807, 2.05) is 16.8 Å². The number of aromatic nitrogens is 1. The van der Waals surface area contributed by atoms with E-state index >= 15 is 0 Å². The second-order valence-corrected chi connectivity index (χ2v) is 3.94. The molecule has 1 aromatic heterocycles. The van der Waals surface area contributed by atoms with Gasteiger partial charge in [0.25, 0.3) is 5.91 Å². The van der Waals surface area contributed by atoms with Gasteiger partial charge < -0.3 is 9.30 Å². The van der Waals surface area contributed by atoms with Crippen LogP contribution in [0.4, 0.5) is 0 Å². The number of hydrogen-bond donors (Lipinski definition) is 0. The second kappa shape index (κ2) is 2.54. The number of carbonyl (C=O) groups is 1. The van der Waals surface area contributed by atoms with Crippen LogP contribution in [0, 0.1) is 5.41 Å². The summed E-state index contributed by atoms with van der Waals surface area (Å²) >= 11 is 0. The Labute approximate surface area is 81.2 Å². The van der Waals surface area contributed by atoms with Crippen molar-refractivity contribution in [3.05, 3.63) is 24.0 Å². The van der Waals surface area contributed by atoms with Crippen molar-refractivity contribution in [3.63, 3.8) is 0 Å². The molecule has 72 valence electrons. The number of aliphatic imine (C=N–C) groups is 1. The predicted molar refractivity (Wildman–Crippen MR) is 50.5 cm³/mol. The maximum Gasteiger partial charge on any atom is 0.293 e. The van der Waals surface area contributed by atoms with Crippen molar-refractivity contribution in [1.82, 2.24) is 4.57 Å². The fourth-order valence-electron chi connectivity index (χ4n) is 1.92. The van der Waals surface area contributed by atoms with Gasteiger partial charge in [0.05, 0.1) is 18.6 Å². The van der Waals surface area contributed by atoms with Crippen LogP contribution < -0.4 is 0 Å². The molecule has 3 heterocycles. The third-order valence-corrected chi connectivity index (χ3v) is 2.77. The van der Waals surface area contributed by atoms with Gasteiger partial charge in [-0.15, -0.1) is 0 Å². The average molecular weight is 190 g/mol. The Morgan fingerprint density at radius 3 is 3.07 bits per heavy atom. The highest BCUT2D eigenvalue weighted by Crippen LogP contribution is 2.30. The van der Waals surface area contributed by atoms with Crippen LogP contribution in [0.15, 0.2) is 23.3 Å². The van der Waals surface area contributed by atoms with Crippen molar-refractivity contribution in [2.24, 2.45) is 10.4 Å². The van der Waals surface area contributed by atoms with Gasteiger partial charge in [0.15, 0.2) is 0 Å². The first-order chi connectivity index (χ1) is 6.79. The Morgan fingerprint density at radius 2 is 2.36 bits per heavy atom. The maximum absolute atomic E-state index is 11.5. The lowest BCUT2D eigenvalue weighted by molar-refractivity contribution is -0.0742. The molecule has 0 aliphatic carbocycles. The highest BCUT2D eigenvalue weighted by molar-refractivity contribution is 5.99. The summed E-state index contributed by atoms with van der Waals surface area (Å²) in [6.45, 7) is 2.13. The van der Waals surface area contributed by atoms with E-state index in [9.17, 15) is 4.79 Å². The van der Waals surface area contributed by atoms with E-state index in [4.69, 9.17) is 4.74 Å². The van der Waals surface area contributed by atoms with Gasteiger partial charge in [-0.2, -0.15) is 0 Å². The molecule has 4 heteroatoms. The van der Waals surface area contributed by atoms with Crippen molar-refractivity contribution in [2.75, 3.05) is 13.2 Å². The van der Waals surface area contributed by atoms with E-state index in [-0.39, 0.29) is 11.3 Å². The lowest BCUT2D eigenvalue weighted by Crippen LogP contribution is -2.46. The largest absolute Gasteiger partial charge is 0.379 e. The second-order valence-electron chi connectivity index (χ2n) is 3.94. The minimum Gasteiger partial charge on any atom is -0.379 e. The molecule has 0 saturated carbocycles. The summed E-state index contributed by atoms with van der Waals surface area (Å²) in [5.74, 6) is -0.154. The Kier molecular flexibility index (Phi) is 1.44. The summed E-state index contributed by atoms with van der Waals surface area (Å²) in [5, 5.41) is 0. The number of carbonyl (C=O) groups excluding carboxylic acids is 1. The highest BCUT2D eigenvalue weighted by atomic mass is 16.5. The van der Waals surface area contributed by atoms with Crippen LogP contribution in [-0.2, 0) is 11.3 Å². The lowest BCUT2D eigenvalue weighted by Gasteiger charge is -2.37. The first-order valence-corrected chi connectivity index (χ1v) is 4.62. The monoisotopic (exact) mass is 190 g/mol. The van der Waals surface area contributed by atoms with Crippen LogP contribution in [0.3, 0.4) is 0 Å². The number of nitrogens with zero attached hydrogens (tertiary/aromatic N) is 2. The normalized spacial score (nSPS) is 23.0. The molecule has 3 rings (SSSR count). The molecular weight excluding hydrogens is 180 g/mol.